The van der Waals surface area contributed by atoms with Crippen molar-refractivity contribution in [2.75, 3.05) is 12.4 Å². The van der Waals surface area contributed by atoms with Crippen molar-refractivity contribution in [1.29, 1.82) is 0 Å². The van der Waals surface area contributed by atoms with Gasteiger partial charge in [0.1, 0.15) is 5.82 Å². The quantitative estimate of drug-likeness (QED) is 0.842. The van der Waals surface area contributed by atoms with Gasteiger partial charge in [0.15, 0.2) is 0 Å². The average Bonchev–Trinajstić information content (AvgIpc) is 2.24. The highest BCUT2D eigenvalue weighted by Gasteiger charge is 2.05. The molecule has 0 aromatic heterocycles. The first-order chi connectivity index (χ1) is 7.17. The Morgan fingerprint density at radius 1 is 1.53 bits per heavy atom. The van der Waals surface area contributed by atoms with Gasteiger partial charge in [-0.05, 0) is 23.8 Å². The van der Waals surface area contributed by atoms with E-state index in [0.717, 1.165) is 0 Å². The van der Waals surface area contributed by atoms with Gasteiger partial charge in [-0.15, -0.1) is 0 Å². The number of halogens is 2. The van der Waals surface area contributed by atoms with Gasteiger partial charge in [-0.1, -0.05) is 28.1 Å². The van der Waals surface area contributed by atoms with Crippen molar-refractivity contribution in [3.63, 3.8) is 0 Å². The molecule has 0 bridgehead atoms. The van der Waals surface area contributed by atoms with Gasteiger partial charge in [-0.3, -0.25) is 4.79 Å². The van der Waals surface area contributed by atoms with Gasteiger partial charge < -0.3 is 5.32 Å². The monoisotopic (exact) mass is 271 g/mol. The van der Waals surface area contributed by atoms with E-state index in [4.69, 9.17) is 0 Å². The van der Waals surface area contributed by atoms with E-state index in [2.05, 4.69) is 21.2 Å². The minimum Gasteiger partial charge on any atom is -0.355 e. The number of alkyl halides is 1. The predicted molar refractivity (Wildman–Crippen MR) is 62.6 cm³/mol. The molecular formula is C11H11BrFNO. The molecule has 0 radical (unpaired) electrons. The summed E-state index contributed by atoms with van der Waals surface area (Å²) in [6, 6.07) is 4.23. The Bertz CT molecular complexity index is 390. The number of carbonyl (C=O) groups is 1. The number of hydrogen-bond acceptors (Lipinski definition) is 1. The van der Waals surface area contributed by atoms with Crippen LogP contribution in [0.25, 0.3) is 6.08 Å². The summed E-state index contributed by atoms with van der Waals surface area (Å²) in [7, 11) is 1.52. The van der Waals surface area contributed by atoms with Gasteiger partial charge in [0, 0.05) is 17.9 Å². The van der Waals surface area contributed by atoms with Crippen molar-refractivity contribution >= 4 is 27.9 Å². The fourth-order valence-corrected chi connectivity index (χ4v) is 1.35. The fraction of sp³-hybridized carbons (Fsp3) is 0.182. The largest absolute Gasteiger partial charge is 0.355 e. The van der Waals surface area contributed by atoms with Crippen LogP contribution < -0.4 is 5.32 Å². The molecule has 0 fully saturated rings. The van der Waals surface area contributed by atoms with E-state index in [0.29, 0.717) is 16.5 Å². The van der Waals surface area contributed by atoms with Gasteiger partial charge in [-0.25, -0.2) is 4.39 Å². The van der Waals surface area contributed by atoms with E-state index >= 15 is 0 Å². The Morgan fingerprint density at radius 3 is 2.87 bits per heavy atom. The van der Waals surface area contributed by atoms with Crippen LogP contribution in [0.3, 0.4) is 0 Å². The lowest BCUT2D eigenvalue weighted by atomic mass is 10.1. The molecule has 0 aliphatic carbocycles. The SMILES string of the molecule is CNC(=O)c1cc(F)cc(C=CCBr)c1. The first kappa shape index (κ1) is 11.9. The molecule has 0 aliphatic rings. The Hall–Kier alpha value is -1.16. The third kappa shape index (κ3) is 3.47. The molecule has 2 nitrogen and oxygen atoms in total. The summed E-state index contributed by atoms with van der Waals surface area (Å²) < 4.78 is 13.1. The molecule has 0 heterocycles. The molecule has 0 spiro atoms. The minimum atomic E-state index is -0.412. The Morgan fingerprint density at radius 2 is 2.27 bits per heavy atom. The summed E-state index contributed by atoms with van der Waals surface area (Å²) in [6.45, 7) is 0. The lowest BCUT2D eigenvalue weighted by Crippen LogP contribution is -2.17. The van der Waals surface area contributed by atoms with Crippen LogP contribution in [0.1, 0.15) is 15.9 Å². The summed E-state index contributed by atoms with van der Waals surface area (Å²) in [5.41, 5.74) is 1.000. The molecule has 15 heavy (non-hydrogen) atoms. The van der Waals surface area contributed by atoms with E-state index in [9.17, 15) is 9.18 Å². The number of nitrogens with one attached hydrogen (secondary N) is 1. The van der Waals surface area contributed by atoms with Gasteiger partial charge in [0.2, 0.25) is 0 Å². The van der Waals surface area contributed by atoms with Crippen LogP contribution in [0, 0.1) is 5.82 Å². The molecular weight excluding hydrogens is 261 g/mol. The Balaban J connectivity index is 3.05. The first-order valence-corrected chi connectivity index (χ1v) is 5.54. The molecule has 1 aromatic carbocycles. The smallest absolute Gasteiger partial charge is 0.251 e. The van der Waals surface area contributed by atoms with Crippen molar-refractivity contribution in [3.8, 4) is 0 Å². The molecule has 0 atom stereocenters. The molecule has 0 unspecified atom stereocenters. The second kappa shape index (κ2) is 5.66. The molecule has 0 aliphatic heterocycles. The lowest BCUT2D eigenvalue weighted by molar-refractivity contribution is 0.0962. The van der Waals surface area contributed by atoms with Crippen LogP contribution in [0.2, 0.25) is 0 Å². The molecule has 1 N–H and O–H groups in total. The number of rotatable bonds is 3. The maximum atomic E-state index is 13.1. The highest BCUT2D eigenvalue weighted by molar-refractivity contribution is 9.09. The zero-order chi connectivity index (χ0) is 11.3. The van der Waals surface area contributed by atoms with Crippen molar-refractivity contribution < 1.29 is 9.18 Å². The van der Waals surface area contributed by atoms with Crippen LogP contribution in [0.15, 0.2) is 24.3 Å². The summed E-state index contributed by atoms with van der Waals surface area (Å²) in [5, 5.41) is 3.15. The van der Waals surface area contributed by atoms with E-state index in [-0.39, 0.29) is 5.91 Å². The topological polar surface area (TPSA) is 29.1 Å². The molecule has 0 saturated carbocycles. The predicted octanol–water partition coefficient (Wildman–Crippen LogP) is 2.59. The number of allylic oxidation sites excluding steroid dienone is 1. The maximum Gasteiger partial charge on any atom is 0.251 e. The minimum absolute atomic E-state index is 0.289. The Kier molecular flexibility index (Phi) is 4.49. The highest BCUT2D eigenvalue weighted by atomic mass is 79.9. The van der Waals surface area contributed by atoms with Crippen molar-refractivity contribution in [2.24, 2.45) is 0 Å². The lowest BCUT2D eigenvalue weighted by Gasteiger charge is -2.01. The highest BCUT2D eigenvalue weighted by Crippen LogP contribution is 2.11. The van der Waals surface area contributed by atoms with Gasteiger partial charge >= 0.3 is 0 Å². The summed E-state index contributed by atoms with van der Waals surface area (Å²) >= 11 is 3.23. The van der Waals surface area contributed by atoms with Crippen molar-refractivity contribution in [1.82, 2.24) is 5.32 Å². The third-order valence-corrected chi connectivity index (χ3v) is 2.18. The zero-order valence-corrected chi connectivity index (χ0v) is 9.84. The third-order valence-electron chi connectivity index (χ3n) is 1.81. The van der Waals surface area contributed by atoms with Crippen molar-refractivity contribution in [3.05, 3.63) is 41.2 Å². The van der Waals surface area contributed by atoms with Crippen LogP contribution in [-0.2, 0) is 0 Å². The van der Waals surface area contributed by atoms with Gasteiger partial charge in [0.25, 0.3) is 5.91 Å². The standard InChI is InChI=1S/C11H11BrFNO/c1-14-11(15)9-5-8(3-2-4-12)6-10(13)7-9/h2-3,5-7H,4H2,1H3,(H,14,15). The zero-order valence-electron chi connectivity index (χ0n) is 8.26. The molecule has 1 amide bonds. The maximum absolute atomic E-state index is 13.1. The second-order valence-corrected chi connectivity index (χ2v) is 3.56. The van der Waals surface area contributed by atoms with E-state index in [1.54, 1.807) is 12.1 Å². The van der Waals surface area contributed by atoms with Crippen LogP contribution in [0.5, 0.6) is 0 Å². The molecule has 1 aromatic rings. The normalized spacial score (nSPS) is 10.6. The summed E-state index contributed by atoms with van der Waals surface area (Å²) in [5.74, 6) is -0.701. The van der Waals surface area contributed by atoms with Crippen LogP contribution >= 0.6 is 15.9 Å². The van der Waals surface area contributed by atoms with E-state index < -0.39 is 5.82 Å². The van der Waals surface area contributed by atoms with Crippen LogP contribution in [-0.4, -0.2) is 18.3 Å². The van der Waals surface area contributed by atoms with Gasteiger partial charge in [0.05, 0.1) is 0 Å². The van der Waals surface area contributed by atoms with E-state index in [1.807, 2.05) is 6.08 Å². The molecule has 0 saturated heterocycles. The molecule has 80 valence electrons. The second-order valence-electron chi connectivity index (χ2n) is 2.91. The fourth-order valence-electron chi connectivity index (χ4n) is 1.16. The molecule has 1 rings (SSSR count). The van der Waals surface area contributed by atoms with Gasteiger partial charge in [-0.2, -0.15) is 0 Å². The average molecular weight is 272 g/mol. The van der Waals surface area contributed by atoms with Crippen molar-refractivity contribution in [2.45, 2.75) is 0 Å². The van der Waals surface area contributed by atoms with Crippen LogP contribution in [0.4, 0.5) is 4.39 Å². The number of hydrogen-bond donors (Lipinski definition) is 1. The first-order valence-electron chi connectivity index (χ1n) is 4.42. The number of carbonyl (C=O) groups excluding carboxylic acids is 1. The molecule has 4 heteroatoms. The number of benzene rings is 1. The summed E-state index contributed by atoms with van der Waals surface area (Å²) in [6.07, 6.45) is 3.59. The summed E-state index contributed by atoms with van der Waals surface area (Å²) in [4.78, 5) is 11.3. The Labute approximate surface area is 96.3 Å². The number of amides is 1. The van der Waals surface area contributed by atoms with E-state index in [1.165, 1.54) is 19.2 Å².